The molecule has 1 saturated carbocycles. The van der Waals surface area contributed by atoms with E-state index in [1.807, 2.05) is 6.92 Å². The van der Waals surface area contributed by atoms with Crippen LogP contribution in [-0.2, 0) is 10.0 Å². The van der Waals surface area contributed by atoms with E-state index < -0.39 is 10.0 Å². The minimum absolute atomic E-state index is 0.0763. The van der Waals surface area contributed by atoms with Crippen molar-refractivity contribution in [3.05, 3.63) is 11.7 Å². The third-order valence-corrected chi connectivity index (χ3v) is 7.37. The average Bonchev–Trinajstić information content (AvgIpc) is 2.96. The van der Waals surface area contributed by atoms with Crippen molar-refractivity contribution in [2.75, 3.05) is 31.9 Å². The van der Waals surface area contributed by atoms with Gasteiger partial charge in [-0.2, -0.15) is 4.98 Å². The summed E-state index contributed by atoms with van der Waals surface area (Å²) in [6, 6.07) is 0.256. The summed E-state index contributed by atoms with van der Waals surface area (Å²) in [5.74, 6) is 2.55. The summed E-state index contributed by atoms with van der Waals surface area (Å²) in [5, 5.41) is 4.14. The predicted octanol–water partition coefficient (Wildman–Crippen LogP) is 1.76. The molecular formula is C16H26N4O3S. The van der Waals surface area contributed by atoms with Gasteiger partial charge in [0.05, 0.1) is 17.7 Å². The highest BCUT2D eigenvalue weighted by atomic mass is 32.2. The first-order chi connectivity index (χ1) is 11.6. The molecule has 1 atom stereocenters. The third-order valence-electron chi connectivity index (χ3n) is 5.36. The summed E-state index contributed by atoms with van der Waals surface area (Å²) in [4.78, 5) is 7.09. The topological polar surface area (TPSA) is 79.5 Å². The van der Waals surface area contributed by atoms with Crippen LogP contribution in [0.4, 0.5) is 0 Å². The number of nitrogens with zero attached hydrogens (tertiary/aromatic N) is 4. The Morgan fingerprint density at radius 3 is 2.75 bits per heavy atom. The minimum atomic E-state index is -3.10. The predicted molar refractivity (Wildman–Crippen MR) is 89.0 cm³/mol. The Kier molecular flexibility index (Phi) is 4.38. The van der Waals surface area contributed by atoms with Crippen LogP contribution < -0.4 is 0 Å². The summed E-state index contributed by atoms with van der Waals surface area (Å²) in [6.45, 7) is 5.12. The lowest BCUT2D eigenvalue weighted by molar-refractivity contribution is 0.200. The second-order valence-electron chi connectivity index (χ2n) is 7.42. The molecule has 1 aromatic rings. The van der Waals surface area contributed by atoms with Gasteiger partial charge in [0.25, 0.3) is 0 Å². The molecule has 3 fully saturated rings. The summed E-state index contributed by atoms with van der Waals surface area (Å²) in [7, 11) is -3.10. The highest BCUT2D eigenvalue weighted by molar-refractivity contribution is 7.89. The molecular weight excluding hydrogens is 328 g/mol. The Bertz CT molecular complexity index is 679. The normalized spacial score (nSPS) is 26.8. The number of likely N-dealkylation sites (tertiary alicyclic amines) is 1. The summed E-state index contributed by atoms with van der Waals surface area (Å²) < 4.78 is 31.1. The Labute approximate surface area is 143 Å². The van der Waals surface area contributed by atoms with Gasteiger partial charge in [-0.25, -0.2) is 12.7 Å². The summed E-state index contributed by atoms with van der Waals surface area (Å²) in [6.07, 6.45) is 5.61. The van der Waals surface area contributed by atoms with Crippen LogP contribution in [0.1, 0.15) is 62.7 Å². The number of aromatic nitrogens is 2. The second-order valence-corrected chi connectivity index (χ2v) is 9.51. The zero-order chi connectivity index (χ0) is 16.7. The Morgan fingerprint density at radius 2 is 2.04 bits per heavy atom. The monoisotopic (exact) mass is 354 g/mol. The van der Waals surface area contributed by atoms with Gasteiger partial charge in [0.15, 0.2) is 5.82 Å². The quantitative estimate of drug-likeness (QED) is 0.742. The lowest BCUT2D eigenvalue weighted by Gasteiger charge is -2.36. The molecule has 0 radical (unpaired) electrons. The van der Waals surface area contributed by atoms with Crippen LogP contribution in [0.25, 0.3) is 0 Å². The van der Waals surface area contributed by atoms with Crippen LogP contribution in [0.5, 0.6) is 0 Å². The Balaban J connectivity index is 1.37. The lowest BCUT2D eigenvalue weighted by Crippen LogP contribution is -2.49. The summed E-state index contributed by atoms with van der Waals surface area (Å²) in [5.41, 5.74) is 0. The fourth-order valence-electron chi connectivity index (χ4n) is 3.72. The highest BCUT2D eigenvalue weighted by Crippen LogP contribution is 2.37. The molecule has 0 amide bonds. The van der Waals surface area contributed by atoms with E-state index in [-0.39, 0.29) is 17.7 Å². The molecule has 2 saturated heterocycles. The first-order valence-electron chi connectivity index (χ1n) is 9.12. The molecule has 1 aliphatic carbocycles. The van der Waals surface area contributed by atoms with Gasteiger partial charge in [-0.3, -0.25) is 4.90 Å². The molecule has 0 spiro atoms. The molecule has 8 heteroatoms. The number of rotatable bonds is 7. The molecule has 0 bridgehead atoms. The smallest absolute Gasteiger partial charge is 0.244 e. The van der Waals surface area contributed by atoms with Gasteiger partial charge in [0.1, 0.15) is 0 Å². The fraction of sp³-hybridized carbons (Fsp3) is 0.875. The van der Waals surface area contributed by atoms with Crippen LogP contribution in [0.15, 0.2) is 4.52 Å². The lowest BCUT2D eigenvalue weighted by atomic mass is 10.0. The maximum atomic E-state index is 12.0. The molecule has 0 aromatic carbocycles. The van der Waals surface area contributed by atoms with Crippen molar-refractivity contribution in [1.82, 2.24) is 19.3 Å². The van der Waals surface area contributed by atoms with Gasteiger partial charge in [-0.15, -0.1) is 0 Å². The van der Waals surface area contributed by atoms with E-state index in [2.05, 4.69) is 15.0 Å². The van der Waals surface area contributed by atoms with E-state index in [9.17, 15) is 8.42 Å². The van der Waals surface area contributed by atoms with Crippen LogP contribution in [0, 0.1) is 5.92 Å². The number of hydrogen-bond donors (Lipinski definition) is 0. The van der Waals surface area contributed by atoms with Crippen LogP contribution >= 0.6 is 0 Å². The van der Waals surface area contributed by atoms with Crippen molar-refractivity contribution in [2.24, 2.45) is 5.92 Å². The third kappa shape index (κ3) is 3.23. The minimum Gasteiger partial charge on any atom is -0.338 e. The van der Waals surface area contributed by atoms with Crippen molar-refractivity contribution in [2.45, 2.75) is 51.0 Å². The van der Waals surface area contributed by atoms with Crippen molar-refractivity contribution in [3.8, 4) is 0 Å². The van der Waals surface area contributed by atoms with E-state index >= 15 is 0 Å². The van der Waals surface area contributed by atoms with E-state index in [4.69, 9.17) is 4.52 Å². The van der Waals surface area contributed by atoms with E-state index in [1.54, 1.807) is 0 Å². The molecule has 24 heavy (non-hydrogen) atoms. The number of sulfonamides is 1. The maximum absolute atomic E-state index is 12.0. The molecule has 3 heterocycles. The highest BCUT2D eigenvalue weighted by Gasteiger charge is 2.40. The molecule has 3 aliphatic rings. The first-order valence-corrected chi connectivity index (χ1v) is 10.7. The number of hydrogen-bond acceptors (Lipinski definition) is 6. The molecule has 7 nitrogen and oxygen atoms in total. The van der Waals surface area contributed by atoms with Crippen molar-refractivity contribution < 1.29 is 12.9 Å². The van der Waals surface area contributed by atoms with Gasteiger partial charge in [0.2, 0.25) is 15.9 Å². The Morgan fingerprint density at radius 1 is 1.25 bits per heavy atom. The first kappa shape index (κ1) is 16.5. The van der Waals surface area contributed by atoms with Gasteiger partial charge >= 0.3 is 0 Å². The van der Waals surface area contributed by atoms with E-state index in [0.717, 1.165) is 31.3 Å². The largest absolute Gasteiger partial charge is 0.338 e. The molecule has 1 unspecified atom stereocenters. The second kappa shape index (κ2) is 6.38. The molecule has 0 N–H and O–H groups in total. The standard InChI is InChI=1S/C16H26N4O3S/c1-2-8-24(21,22)20-10-13(11-20)15-17-16(23-18-15)14-4-3-7-19(14)9-12-5-6-12/h12-14H,2-11H2,1H3. The van der Waals surface area contributed by atoms with Crippen LogP contribution in [0.3, 0.4) is 0 Å². The van der Waals surface area contributed by atoms with Crippen molar-refractivity contribution in [3.63, 3.8) is 0 Å². The van der Waals surface area contributed by atoms with Gasteiger partial charge in [-0.05, 0) is 44.6 Å². The molecule has 1 aromatic heterocycles. The van der Waals surface area contributed by atoms with Crippen LogP contribution in [-0.4, -0.2) is 59.7 Å². The van der Waals surface area contributed by atoms with E-state index in [1.165, 1.54) is 23.6 Å². The van der Waals surface area contributed by atoms with Crippen molar-refractivity contribution >= 4 is 10.0 Å². The molecule has 134 valence electrons. The van der Waals surface area contributed by atoms with Crippen LogP contribution in [0.2, 0.25) is 0 Å². The SMILES string of the molecule is CCCS(=O)(=O)N1CC(c2noc(C3CCCN3CC3CC3)n2)C1. The zero-order valence-corrected chi connectivity index (χ0v) is 15.0. The van der Waals surface area contributed by atoms with Gasteiger partial charge in [0, 0.05) is 19.6 Å². The molecule has 4 rings (SSSR count). The summed E-state index contributed by atoms with van der Waals surface area (Å²) >= 11 is 0. The fourth-order valence-corrected chi connectivity index (χ4v) is 5.31. The van der Waals surface area contributed by atoms with Crippen molar-refractivity contribution in [1.29, 1.82) is 0 Å². The average molecular weight is 354 g/mol. The Hall–Kier alpha value is -0.990. The molecule has 2 aliphatic heterocycles. The van der Waals surface area contributed by atoms with E-state index in [0.29, 0.717) is 25.3 Å². The maximum Gasteiger partial charge on any atom is 0.244 e. The van der Waals surface area contributed by atoms with Gasteiger partial charge in [-0.1, -0.05) is 12.1 Å². The zero-order valence-electron chi connectivity index (χ0n) is 14.2. The van der Waals surface area contributed by atoms with Gasteiger partial charge < -0.3 is 4.52 Å².